The van der Waals surface area contributed by atoms with Gasteiger partial charge in [-0.1, -0.05) is 23.2 Å². The van der Waals surface area contributed by atoms with Gasteiger partial charge in [0, 0.05) is 34.4 Å². The molecule has 0 spiro atoms. The summed E-state index contributed by atoms with van der Waals surface area (Å²) in [5.41, 5.74) is 0.765. The lowest BCUT2D eigenvalue weighted by atomic mass is 10.1. The molecular formula is C21H22Cl2N2O5. The lowest BCUT2D eigenvalue weighted by Crippen LogP contribution is -2.43. The normalized spacial score (nSPS) is 15.6. The molecule has 2 amide bonds. The summed E-state index contributed by atoms with van der Waals surface area (Å²) in [4.78, 5) is 27.7. The van der Waals surface area contributed by atoms with Crippen LogP contribution in [0.5, 0.6) is 17.2 Å². The van der Waals surface area contributed by atoms with Crippen molar-refractivity contribution in [2.45, 2.75) is 18.9 Å². The molecule has 1 aliphatic rings. The van der Waals surface area contributed by atoms with Gasteiger partial charge in [0.2, 0.25) is 5.91 Å². The number of benzene rings is 2. The molecule has 0 bridgehead atoms. The maximum absolute atomic E-state index is 13.3. The van der Waals surface area contributed by atoms with Crippen molar-refractivity contribution >= 4 is 40.7 Å². The number of hydrogen-bond donors (Lipinski definition) is 1. The maximum atomic E-state index is 13.3. The van der Waals surface area contributed by atoms with Crippen LogP contribution >= 0.6 is 23.2 Å². The van der Waals surface area contributed by atoms with E-state index in [1.807, 2.05) is 0 Å². The Morgan fingerprint density at radius 1 is 0.933 bits per heavy atom. The molecule has 1 unspecified atom stereocenters. The van der Waals surface area contributed by atoms with Gasteiger partial charge in [-0.3, -0.25) is 9.59 Å². The first kappa shape index (κ1) is 22.1. The standard InChI is InChI=1S/C21H22Cl2N2O5/c1-28-17-11-19(30-3)18(29-2)10-15(17)21(27)25-6-4-5-16(25)20(26)24-14-8-12(22)7-13(23)9-14/h7-11,16H,4-6H2,1-3H3,(H,24,26). The lowest BCUT2D eigenvalue weighted by molar-refractivity contribution is -0.119. The first-order chi connectivity index (χ1) is 14.4. The number of anilines is 1. The quantitative estimate of drug-likeness (QED) is 0.708. The molecule has 0 aliphatic carbocycles. The number of nitrogens with one attached hydrogen (secondary N) is 1. The lowest BCUT2D eigenvalue weighted by Gasteiger charge is -2.25. The van der Waals surface area contributed by atoms with Crippen LogP contribution in [0.4, 0.5) is 5.69 Å². The largest absolute Gasteiger partial charge is 0.496 e. The fourth-order valence-corrected chi connectivity index (χ4v) is 4.01. The molecule has 1 saturated heterocycles. The number of nitrogens with zero attached hydrogens (tertiary/aromatic N) is 1. The summed E-state index contributed by atoms with van der Waals surface area (Å²) < 4.78 is 16.0. The summed E-state index contributed by atoms with van der Waals surface area (Å²) in [6.45, 7) is 0.449. The topological polar surface area (TPSA) is 77.1 Å². The molecule has 2 aromatic carbocycles. The molecule has 0 aromatic heterocycles. The zero-order valence-corrected chi connectivity index (χ0v) is 18.3. The summed E-state index contributed by atoms with van der Waals surface area (Å²) in [6.07, 6.45) is 1.25. The van der Waals surface area contributed by atoms with Crippen LogP contribution in [0.2, 0.25) is 10.0 Å². The second-order valence-electron chi connectivity index (χ2n) is 6.71. The van der Waals surface area contributed by atoms with Crippen molar-refractivity contribution in [2.75, 3.05) is 33.2 Å². The highest BCUT2D eigenvalue weighted by atomic mass is 35.5. The summed E-state index contributed by atoms with van der Waals surface area (Å²) >= 11 is 12.0. The Morgan fingerprint density at radius 2 is 1.53 bits per heavy atom. The van der Waals surface area contributed by atoms with E-state index in [0.29, 0.717) is 57.9 Å². The van der Waals surface area contributed by atoms with E-state index in [-0.39, 0.29) is 11.8 Å². The first-order valence-corrected chi connectivity index (χ1v) is 10.0. The number of hydrogen-bond acceptors (Lipinski definition) is 5. The number of carbonyl (C=O) groups is 2. The molecule has 0 saturated carbocycles. The van der Waals surface area contributed by atoms with E-state index in [9.17, 15) is 9.59 Å². The van der Waals surface area contributed by atoms with Crippen LogP contribution in [0.15, 0.2) is 30.3 Å². The van der Waals surface area contributed by atoms with Crippen molar-refractivity contribution in [3.05, 3.63) is 45.9 Å². The van der Waals surface area contributed by atoms with E-state index in [2.05, 4.69) is 5.32 Å². The van der Waals surface area contributed by atoms with E-state index in [1.54, 1.807) is 30.3 Å². The number of halogens is 2. The fourth-order valence-electron chi connectivity index (χ4n) is 3.49. The highest BCUT2D eigenvalue weighted by Crippen LogP contribution is 2.36. The first-order valence-electron chi connectivity index (χ1n) is 9.26. The van der Waals surface area contributed by atoms with E-state index in [1.165, 1.54) is 26.2 Å². The van der Waals surface area contributed by atoms with Gasteiger partial charge in [-0.15, -0.1) is 0 Å². The zero-order chi connectivity index (χ0) is 21.8. The summed E-state index contributed by atoms with van der Waals surface area (Å²) in [7, 11) is 4.46. The van der Waals surface area contributed by atoms with Crippen molar-refractivity contribution in [1.29, 1.82) is 0 Å². The average molecular weight is 453 g/mol. The van der Waals surface area contributed by atoms with Crippen LogP contribution in [-0.2, 0) is 4.79 Å². The third kappa shape index (κ3) is 4.57. The predicted molar refractivity (Wildman–Crippen MR) is 115 cm³/mol. The third-order valence-corrected chi connectivity index (χ3v) is 5.32. The molecule has 1 aliphatic heterocycles. The molecule has 2 aromatic rings. The molecule has 30 heavy (non-hydrogen) atoms. The van der Waals surface area contributed by atoms with Gasteiger partial charge >= 0.3 is 0 Å². The minimum absolute atomic E-state index is 0.292. The van der Waals surface area contributed by atoms with Crippen molar-refractivity contribution < 1.29 is 23.8 Å². The zero-order valence-electron chi connectivity index (χ0n) is 16.8. The molecule has 1 heterocycles. The van der Waals surface area contributed by atoms with Crippen molar-refractivity contribution in [3.63, 3.8) is 0 Å². The Labute approximate surface area is 184 Å². The molecule has 0 radical (unpaired) electrons. The van der Waals surface area contributed by atoms with Gasteiger partial charge in [0.1, 0.15) is 11.8 Å². The van der Waals surface area contributed by atoms with Crippen LogP contribution in [0.3, 0.4) is 0 Å². The van der Waals surface area contributed by atoms with E-state index < -0.39 is 6.04 Å². The minimum Gasteiger partial charge on any atom is -0.496 e. The van der Waals surface area contributed by atoms with Gasteiger partial charge < -0.3 is 24.4 Å². The van der Waals surface area contributed by atoms with E-state index >= 15 is 0 Å². The van der Waals surface area contributed by atoms with Crippen LogP contribution in [-0.4, -0.2) is 50.6 Å². The highest BCUT2D eigenvalue weighted by molar-refractivity contribution is 6.35. The maximum Gasteiger partial charge on any atom is 0.258 e. The summed E-state index contributed by atoms with van der Waals surface area (Å²) in [5.74, 6) is 0.549. The Hall–Kier alpha value is -2.64. The van der Waals surface area contributed by atoms with Gasteiger partial charge in [-0.05, 0) is 31.0 Å². The van der Waals surface area contributed by atoms with Gasteiger partial charge in [-0.2, -0.15) is 0 Å². The SMILES string of the molecule is COc1cc(OC)c(C(=O)N2CCCC2C(=O)Nc2cc(Cl)cc(Cl)c2)cc1OC. The average Bonchev–Trinajstić information content (AvgIpc) is 3.21. The Balaban J connectivity index is 1.86. The Morgan fingerprint density at radius 3 is 2.13 bits per heavy atom. The summed E-state index contributed by atoms with van der Waals surface area (Å²) in [6, 6.07) is 7.30. The van der Waals surface area contributed by atoms with Gasteiger partial charge in [-0.25, -0.2) is 0 Å². The van der Waals surface area contributed by atoms with Gasteiger partial charge in [0.25, 0.3) is 5.91 Å². The second kappa shape index (κ2) is 9.45. The smallest absolute Gasteiger partial charge is 0.258 e. The Bertz CT molecular complexity index is 946. The van der Waals surface area contributed by atoms with Gasteiger partial charge in [0.15, 0.2) is 11.5 Å². The van der Waals surface area contributed by atoms with Crippen LogP contribution in [0.25, 0.3) is 0 Å². The molecule has 160 valence electrons. The number of amides is 2. The fraction of sp³-hybridized carbons (Fsp3) is 0.333. The highest BCUT2D eigenvalue weighted by Gasteiger charge is 2.36. The molecule has 7 nitrogen and oxygen atoms in total. The number of likely N-dealkylation sites (tertiary alicyclic amines) is 1. The number of rotatable bonds is 6. The number of carbonyl (C=O) groups excluding carboxylic acids is 2. The van der Waals surface area contributed by atoms with Gasteiger partial charge in [0.05, 0.1) is 26.9 Å². The van der Waals surface area contributed by atoms with E-state index in [4.69, 9.17) is 37.4 Å². The predicted octanol–water partition coefficient (Wildman–Crippen LogP) is 4.26. The van der Waals surface area contributed by atoms with Crippen LogP contribution < -0.4 is 19.5 Å². The monoisotopic (exact) mass is 452 g/mol. The minimum atomic E-state index is -0.631. The van der Waals surface area contributed by atoms with Crippen LogP contribution in [0, 0.1) is 0 Å². The van der Waals surface area contributed by atoms with Crippen LogP contribution in [0.1, 0.15) is 23.2 Å². The molecule has 3 rings (SSSR count). The molecule has 9 heteroatoms. The Kier molecular flexibility index (Phi) is 6.95. The molecule has 1 fully saturated rings. The summed E-state index contributed by atoms with van der Waals surface area (Å²) in [5, 5.41) is 3.61. The molecule has 1 N–H and O–H groups in total. The van der Waals surface area contributed by atoms with Crippen molar-refractivity contribution in [3.8, 4) is 17.2 Å². The number of ether oxygens (including phenoxy) is 3. The molecular weight excluding hydrogens is 431 g/mol. The third-order valence-electron chi connectivity index (χ3n) is 4.88. The molecule has 1 atom stereocenters. The van der Waals surface area contributed by atoms with Crippen molar-refractivity contribution in [1.82, 2.24) is 4.90 Å². The number of methoxy groups -OCH3 is 3. The second-order valence-corrected chi connectivity index (χ2v) is 7.58. The van der Waals surface area contributed by atoms with E-state index in [0.717, 1.165) is 0 Å². The van der Waals surface area contributed by atoms with Crippen molar-refractivity contribution in [2.24, 2.45) is 0 Å².